The van der Waals surface area contributed by atoms with Crippen LogP contribution in [0.25, 0.3) is 0 Å². The number of rotatable bonds is 7. The second kappa shape index (κ2) is 9.00. The van der Waals surface area contributed by atoms with Crippen molar-refractivity contribution in [3.8, 4) is 5.75 Å². The Balaban J connectivity index is 1.70. The Hall–Kier alpha value is -3.12. The van der Waals surface area contributed by atoms with Gasteiger partial charge in [0.25, 0.3) is 5.91 Å². The molecule has 0 aliphatic rings. The number of esters is 1. The highest BCUT2D eigenvalue weighted by Gasteiger charge is 2.19. The Bertz CT molecular complexity index is 894. The number of amides is 1. The Morgan fingerprint density at radius 2 is 1.74 bits per heavy atom. The maximum atomic E-state index is 12.5. The third kappa shape index (κ3) is 4.74. The summed E-state index contributed by atoms with van der Waals surface area (Å²) in [4.78, 5) is 25.3. The minimum absolute atomic E-state index is 0.206. The first-order chi connectivity index (χ1) is 13.2. The van der Waals surface area contributed by atoms with E-state index in [0.717, 1.165) is 10.4 Å². The van der Waals surface area contributed by atoms with Crippen LogP contribution in [0, 0.1) is 0 Å². The van der Waals surface area contributed by atoms with Crippen molar-refractivity contribution >= 4 is 23.2 Å². The Kier molecular flexibility index (Phi) is 6.22. The number of carbonyl (C=O) groups is 2. The summed E-state index contributed by atoms with van der Waals surface area (Å²) in [5.41, 5.74) is 1.27. The molecular weight excluding hydrogens is 362 g/mol. The molecule has 1 aromatic heterocycles. The topological polar surface area (TPSA) is 64.6 Å². The van der Waals surface area contributed by atoms with Gasteiger partial charge in [0.2, 0.25) is 0 Å². The van der Waals surface area contributed by atoms with Gasteiger partial charge in [-0.3, -0.25) is 4.79 Å². The lowest BCUT2D eigenvalue weighted by molar-refractivity contribution is -0.123. The zero-order valence-electron chi connectivity index (χ0n) is 14.8. The zero-order chi connectivity index (χ0) is 19.1. The van der Waals surface area contributed by atoms with E-state index in [9.17, 15) is 9.59 Å². The minimum atomic E-state index is -0.508. The van der Waals surface area contributed by atoms with E-state index in [0.29, 0.717) is 5.75 Å². The van der Waals surface area contributed by atoms with Gasteiger partial charge in [-0.2, -0.15) is 0 Å². The molecule has 0 saturated carbocycles. The molecule has 0 fully saturated rings. The fourth-order valence-electron chi connectivity index (χ4n) is 2.64. The predicted molar refractivity (Wildman–Crippen MR) is 104 cm³/mol. The number of methoxy groups -OCH3 is 1. The summed E-state index contributed by atoms with van der Waals surface area (Å²) in [6.45, 7) is -0.206. The highest BCUT2D eigenvalue weighted by atomic mass is 32.1. The molecule has 3 aromatic rings. The fraction of sp³-hybridized carbons (Fsp3) is 0.143. The Morgan fingerprint density at radius 3 is 2.44 bits per heavy atom. The van der Waals surface area contributed by atoms with E-state index in [4.69, 9.17) is 9.47 Å². The van der Waals surface area contributed by atoms with Crippen molar-refractivity contribution in [2.45, 2.75) is 6.04 Å². The summed E-state index contributed by atoms with van der Waals surface area (Å²) in [6, 6.07) is 20.1. The molecule has 0 aliphatic heterocycles. The normalized spacial score (nSPS) is 11.4. The molecule has 5 nitrogen and oxygen atoms in total. The van der Waals surface area contributed by atoms with Gasteiger partial charge in [0, 0.05) is 4.88 Å². The van der Waals surface area contributed by atoms with Gasteiger partial charge in [-0.1, -0.05) is 48.5 Å². The van der Waals surface area contributed by atoms with Gasteiger partial charge in [0.15, 0.2) is 6.61 Å². The fourth-order valence-corrected chi connectivity index (χ4v) is 3.44. The monoisotopic (exact) mass is 381 g/mol. The molecule has 0 saturated heterocycles. The third-order valence-electron chi connectivity index (χ3n) is 3.92. The molecule has 0 bridgehead atoms. The van der Waals surface area contributed by atoms with Crippen LogP contribution >= 0.6 is 11.3 Å². The lowest BCUT2D eigenvalue weighted by Crippen LogP contribution is -2.33. The summed E-state index contributed by atoms with van der Waals surface area (Å²) < 4.78 is 10.3. The van der Waals surface area contributed by atoms with E-state index in [1.54, 1.807) is 35.6 Å². The standard InChI is InChI=1S/C21H19NO4S/c1-25-21(24)16-10-5-6-11-17(16)26-14-19(23)22-20(18-12-7-13-27-18)15-8-3-2-4-9-15/h2-13,20H,14H2,1H3,(H,22,23)/t20-/m1/s1. The quantitative estimate of drug-likeness (QED) is 0.632. The lowest BCUT2D eigenvalue weighted by Gasteiger charge is -2.18. The molecule has 0 aliphatic carbocycles. The second-order valence-electron chi connectivity index (χ2n) is 5.70. The number of benzene rings is 2. The zero-order valence-corrected chi connectivity index (χ0v) is 15.6. The van der Waals surface area contributed by atoms with Crippen LogP contribution in [0.2, 0.25) is 0 Å². The minimum Gasteiger partial charge on any atom is -0.483 e. The lowest BCUT2D eigenvalue weighted by atomic mass is 10.1. The number of hydrogen-bond acceptors (Lipinski definition) is 5. The highest BCUT2D eigenvalue weighted by molar-refractivity contribution is 7.10. The van der Waals surface area contributed by atoms with E-state index in [2.05, 4.69) is 5.32 Å². The van der Waals surface area contributed by atoms with E-state index >= 15 is 0 Å². The summed E-state index contributed by atoms with van der Waals surface area (Å²) in [6.07, 6.45) is 0. The van der Waals surface area contributed by atoms with E-state index in [1.165, 1.54) is 7.11 Å². The van der Waals surface area contributed by atoms with Crippen LogP contribution in [-0.4, -0.2) is 25.6 Å². The van der Waals surface area contributed by atoms with Crippen molar-refractivity contribution in [1.82, 2.24) is 5.32 Å². The van der Waals surface area contributed by atoms with Crippen LogP contribution in [0.3, 0.4) is 0 Å². The third-order valence-corrected chi connectivity index (χ3v) is 4.85. The van der Waals surface area contributed by atoms with Gasteiger partial charge < -0.3 is 14.8 Å². The van der Waals surface area contributed by atoms with Crippen LogP contribution in [0.15, 0.2) is 72.1 Å². The van der Waals surface area contributed by atoms with Crippen molar-refractivity contribution in [2.24, 2.45) is 0 Å². The second-order valence-corrected chi connectivity index (χ2v) is 6.68. The molecule has 0 spiro atoms. The first kappa shape index (κ1) is 18.7. The summed E-state index contributed by atoms with van der Waals surface area (Å²) >= 11 is 1.57. The molecule has 138 valence electrons. The summed E-state index contributed by atoms with van der Waals surface area (Å²) in [5, 5.41) is 4.97. The van der Waals surface area contributed by atoms with Crippen molar-refractivity contribution in [2.75, 3.05) is 13.7 Å². The number of carbonyl (C=O) groups excluding carboxylic acids is 2. The molecule has 1 amide bonds. The Morgan fingerprint density at radius 1 is 1.00 bits per heavy atom. The van der Waals surface area contributed by atoms with Crippen molar-refractivity contribution in [3.63, 3.8) is 0 Å². The molecule has 1 atom stereocenters. The van der Waals surface area contributed by atoms with Gasteiger partial charge in [-0.25, -0.2) is 4.79 Å². The van der Waals surface area contributed by atoms with Crippen LogP contribution < -0.4 is 10.1 Å². The highest BCUT2D eigenvalue weighted by Crippen LogP contribution is 2.26. The smallest absolute Gasteiger partial charge is 0.341 e. The van der Waals surface area contributed by atoms with E-state index < -0.39 is 5.97 Å². The van der Waals surface area contributed by atoms with Crippen LogP contribution in [0.5, 0.6) is 5.75 Å². The van der Waals surface area contributed by atoms with Crippen molar-refractivity contribution in [1.29, 1.82) is 0 Å². The van der Waals surface area contributed by atoms with Gasteiger partial charge >= 0.3 is 5.97 Å². The van der Waals surface area contributed by atoms with Gasteiger partial charge in [-0.15, -0.1) is 11.3 Å². The number of ether oxygens (including phenoxy) is 2. The first-order valence-corrected chi connectivity index (χ1v) is 9.25. The molecule has 0 radical (unpaired) electrons. The molecule has 1 N–H and O–H groups in total. The van der Waals surface area contributed by atoms with Crippen LogP contribution in [0.1, 0.15) is 26.8 Å². The Labute approximate surface area is 161 Å². The molecular formula is C21H19NO4S. The van der Waals surface area contributed by atoms with Gasteiger partial charge in [-0.05, 0) is 29.1 Å². The molecule has 1 heterocycles. The average molecular weight is 381 g/mol. The summed E-state index contributed by atoms with van der Waals surface area (Å²) in [5.74, 6) is -0.476. The molecule has 6 heteroatoms. The van der Waals surface area contributed by atoms with Crippen molar-refractivity contribution < 1.29 is 19.1 Å². The maximum Gasteiger partial charge on any atom is 0.341 e. The van der Waals surface area contributed by atoms with Gasteiger partial charge in [0.1, 0.15) is 11.3 Å². The number of thiophene rings is 1. The average Bonchev–Trinajstić information content (AvgIpc) is 3.25. The molecule has 27 heavy (non-hydrogen) atoms. The largest absolute Gasteiger partial charge is 0.483 e. The molecule has 3 rings (SSSR count). The van der Waals surface area contributed by atoms with Gasteiger partial charge in [0.05, 0.1) is 13.2 Å². The van der Waals surface area contributed by atoms with Crippen LogP contribution in [0.4, 0.5) is 0 Å². The predicted octanol–water partition coefficient (Wildman–Crippen LogP) is 3.82. The first-order valence-electron chi connectivity index (χ1n) is 8.37. The van der Waals surface area contributed by atoms with E-state index in [1.807, 2.05) is 47.8 Å². The van der Waals surface area contributed by atoms with Crippen molar-refractivity contribution in [3.05, 3.63) is 88.1 Å². The number of para-hydroxylation sites is 1. The summed E-state index contributed by atoms with van der Waals surface area (Å²) in [7, 11) is 1.30. The molecule has 0 unspecified atom stereocenters. The number of hydrogen-bond donors (Lipinski definition) is 1. The maximum absolute atomic E-state index is 12.5. The number of nitrogens with one attached hydrogen (secondary N) is 1. The van der Waals surface area contributed by atoms with E-state index in [-0.39, 0.29) is 24.1 Å². The van der Waals surface area contributed by atoms with Crippen LogP contribution in [-0.2, 0) is 9.53 Å². The SMILES string of the molecule is COC(=O)c1ccccc1OCC(=O)N[C@H](c1ccccc1)c1cccs1. The molecule has 2 aromatic carbocycles.